The molecule has 0 aromatic heterocycles. The molecular formula is C40H81NO4. The van der Waals surface area contributed by atoms with Crippen molar-refractivity contribution >= 4 is 5.97 Å². The molecule has 5 nitrogen and oxygen atoms in total. The van der Waals surface area contributed by atoms with Crippen molar-refractivity contribution in [1.29, 1.82) is 0 Å². The van der Waals surface area contributed by atoms with Gasteiger partial charge in [0.05, 0.1) is 12.7 Å². The molecule has 0 aliphatic rings. The first-order chi connectivity index (χ1) is 22.1. The first kappa shape index (κ1) is 44.4. The van der Waals surface area contributed by atoms with Gasteiger partial charge in [0.1, 0.15) is 0 Å². The Bertz CT molecular complexity index is 575. The van der Waals surface area contributed by atoms with Crippen LogP contribution in [0.1, 0.15) is 207 Å². The van der Waals surface area contributed by atoms with Gasteiger partial charge in [-0.1, -0.05) is 168 Å². The SMILES string of the molecule is CCCCCCCCCCCCC(O)CN(CCCO)CCCCCCCC(=O)OCCC(CCCCCC)CCCCCC. The molecule has 1 atom stereocenters. The number of unbranched alkanes of at least 4 members (excludes halogenated alkanes) is 19. The van der Waals surface area contributed by atoms with E-state index in [-0.39, 0.29) is 18.7 Å². The standard InChI is InChI=1S/C40H81NO4/c1-4-7-10-13-14-15-16-17-19-24-30-39(43)37-41(34-27-35-42)33-26-21-18-20-25-31-40(44)45-36-32-38(28-22-11-8-5-2)29-23-12-9-6-3/h38-39,42-43H,4-37H2,1-3H3. The lowest BCUT2D eigenvalue weighted by molar-refractivity contribution is -0.144. The molecule has 270 valence electrons. The Balaban J connectivity index is 3.96. The van der Waals surface area contributed by atoms with E-state index in [9.17, 15) is 15.0 Å². The van der Waals surface area contributed by atoms with Gasteiger partial charge in [-0.05, 0) is 44.6 Å². The normalized spacial score (nSPS) is 12.4. The predicted octanol–water partition coefficient (Wildman–Crippen LogP) is 11.2. The minimum Gasteiger partial charge on any atom is -0.466 e. The van der Waals surface area contributed by atoms with Crippen LogP contribution in [0.25, 0.3) is 0 Å². The lowest BCUT2D eigenvalue weighted by Crippen LogP contribution is -2.34. The van der Waals surface area contributed by atoms with E-state index >= 15 is 0 Å². The number of hydrogen-bond acceptors (Lipinski definition) is 5. The van der Waals surface area contributed by atoms with E-state index < -0.39 is 0 Å². The number of carbonyl (C=O) groups is 1. The summed E-state index contributed by atoms with van der Waals surface area (Å²) in [4.78, 5) is 14.7. The molecule has 0 aliphatic carbocycles. The van der Waals surface area contributed by atoms with Crippen molar-refractivity contribution in [2.45, 2.75) is 213 Å². The van der Waals surface area contributed by atoms with Crippen molar-refractivity contribution in [3.63, 3.8) is 0 Å². The zero-order valence-corrected chi connectivity index (χ0v) is 30.9. The molecule has 45 heavy (non-hydrogen) atoms. The summed E-state index contributed by atoms with van der Waals surface area (Å²) in [6, 6.07) is 0. The number of nitrogens with zero attached hydrogens (tertiary/aromatic N) is 1. The summed E-state index contributed by atoms with van der Waals surface area (Å²) in [6.07, 6.45) is 34.7. The molecule has 0 heterocycles. The van der Waals surface area contributed by atoms with E-state index in [1.165, 1.54) is 122 Å². The second-order valence-electron chi connectivity index (χ2n) is 14.1. The number of rotatable bonds is 37. The number of carbonyl (C=O) groups excluding carboxylic acids is 1. The summed E-state index contributed by atoms with van der Waals surface area (Å²) >= 11 is 0. The van der Waals surface area contributed by atoms with E-state index in [2.05, 4.69) is 25.7 Å². The maximum absolute atomic E-state index is 12.3. The summed E-state index contributed by atoms with van der Waals surface area (Å²) in [5, 5.41) is 20.0. The zero-order chi connectivity index (χ0) is 33.1. The van der Waals surface area contributed by atoms with E-state index in [1.807, 2.05) is 0 Å². The Morgan fingerprint density at radius 3 is 1.56 bits per heavy atom. The van der Waals surface area contributed by atoms with Gasteiger partial charge in [-0.15, -0.1) is 0 Å². The van der Waals surface area contributed by atoms with Crippen LogP contribution in [0.2, 0.25) is 0 Å². The minimum absolute atomic E-state index is 0.0164. The maximum atomic E-state index is 12.3. The van der Waals surface area contributed by atoms with Gasteiger partial charge < -0.3 is 19.8 Å². The summed E-state index contributed by atoms with van der Waals surface area (Å²) in [5.74, 6) is 0.696. The third kappa shape index (κ3) is 33.1. The molecule has 0 radical (unpaired) electrons. The molecule has 0 saturated carbocycles. The quantitative estimate of drug-likeness (QED) is 0.0523. The van der Waals surface area contributed by atoms with Gasteiger partial charge in [0, 0.05) is 26.1 Å². The van der Waals surface area contributed by atoms with Gasteiger partial charge in [0.2, 0.25) is 0 Å². The first-order valence-electron chi connectivity index (χ1n) is 20.2. The topological polar surface area (TPSA) is 70.0 Å². The van der Waals surface area contributed by atoms with Gasteiger partial charge in [0.25, 0.3) is 0 Å². The van der Waals surface area contributed by atoms with Crippen LogP contribution in [0, 0.1) is 5.92 Å². The predicted molar refractivity (Wildman–Crippen MR) is 195 cm³/mol. The van der Waals surface area contributed by atoms with Crippen LogP contribution < -0.4 is 0 Å². The molecule has 5 heteroatoms. The molecule has 0 bridgehead atoms. The Kier molecular flexibility index (Phi) is 35.7. The Labute approximate surface area is 282 Å². The average Bonchev–Trinajstić information content (AvgIpc) is 3.03. The number of hydrogen-bond donors (Lipinski definition) is 2. The van der Waals surface area contributed by atoms with Crippen LogP contribution in [0.4, 0.5) is 0 Å². The van der Waals surface area contributed by atoms with E-state index in [1.54, 1.807) is 0 Å². The van der Waals surface area contributed by atoms with Crippen LogP contribution in [0.5, 0.6) is 0 Å². The molecule has 0 spiro atoms. The molecule has 0 aromatic rings. The van der Waals surface area contributed by atoms with Crippen LogP contribution in [-0.4, -0.2) is 60.0 Å². The molecule has 0 aliphatic heterocycles. The van der Waals surface area contributed by atoms with Crippen LogP contribution in [-0.2, 0) is 9.53 Å². The van der Waals surface area contributed by atoms with Crippen LogP contribution in [0.15, 0.2) is 0 Å². The van der Waals surface area contributed by atoms with Crippen molar-refractivity contribution in [3.8, 4) is 0 Å². The highest BCUT2D eigenvalue weighted by Crippen LogP contribution is 2.22. The maximum Gasteiger partial charge on any atom is 0.305 e. The lowest BCUT2D eigenvalue weighted by atomic mass is 9.92. The van der Waals surface area contributed by atoms with Crippen molar-refractivity contribution in [2.75, 3.05) is 32.8 Å². The molecule has 0 amide bonds. The largest absolute Gasteiger partial charge is 0.466 e. The molecule has 0 rings (SSSR count). The zero-order valence-electron chi connectivity index (χ0n) is 30.9. The fourth-order valence-corrected chi connectivity index (χ4v) is 6.54. The number of aliphatic hydroxyl groups is 2. The average molecular weight is 640 g/mol. The third-order valence-corrected chi connectivity index (χ3v) is 9.57. The summed E-state index contributed by atoms with van der Waals surface area (Å²) in [6.45, 7) is 10.2. The smallest absolute Gasteiger partial charge is 0.305 e. The van der Waals surface area contributed by atoms with Gasteiger partial charge in [-0.2, -0.15) is 0 Å². The number of ether oxygens (including phenoxy) is 1. The van der Waals surface area contributed by atoms with E-state index in [0.29, 0.717) is 18.9 Å². The van der Waals surface area contributed by atoms with Gasteiger partial charge in [-0.3, -0.25) is 4.79 Å². The van der Waals surface area contributed by atoms with Crippen LogP contribution in [0.3, 0.4) is 0 Å². The van der Waals surface area contributed by atoms with Crippen LogP contribution >= 0.6 is 0 Å². The first-order valence-corrected chi connectivity index (χ1v) is 20.2. The summed E-state index contributed by atoms with van der Waals surface area (Å²) in [5.41, 5.74) is 0. The fraction of sp³-hybridized carbons (Fsp3) is 0.975. The minimum atomic E-state index is -0.263. The Hall–Kier alpha value is -0.650. The third-order valence-electron chi connectivity index (χ3n) is 9.57. The molecule has 2 N–H and O–H groups in total. The van der Waals surface area contributed by atoms with Gasteiger partial charge in [-0.25, -0.2) is 0 Å². The van der Waals surface area contributed by atoms with Crippen molar-refractivity contribution in [3.05, 3.63) is 0 Å². The van der Waals surface area contributed by atoms with Crippen molar-refractivity contribution in [1.82, 2.24) is 4.90 Å². The molecule has 0 fully saturated rings. The second-order valence-corrected chi connectivity index (χ2v) is 14.1. The van der Waals surface area contributed by atoms with Crippen molar-refractivity contribution in [2.24, 2.45) is 5.92 Å². The van der Waals surface area contributed by atoms with E-state index in [4.69, 9.17) is 4.74 Å². The van der Waals surface area contributed by atoms with Crippen molar-refractivity contribution < 1.29 is 19.7 Å². The second kappa shape index (κ2) is 36.2. The summed E-state index contributed by atoms with van der Waals surface area (Å²) in [7, 11) is 0. The Morgan fingerprint density at radius 1 is 0.556 bits per heavy atom. The monoisotopic (exact) mass is 640 g/mol. The molecule has 0 saturated heterocycles. The summed E-state index contributed by atoms with van der Waals surface area (Å²) < 4.78 is 5.64. The number of aliphatic hydroxyl groups excluding tert-OH is 2. The van der Waals surface area contributed by atoms with E-state index in [0.717, 1.165) is 77.4 Å². The molecule has 1 unspecified atom stereocenters. The highest BCUT2D eigenvalue weighted by molar-refractivity contribution is 5.69. The Morgan fingerprint density at radius 2 is 1.00 bits per heavy atom. The highest BCUT2D eigenvalue weighted by atomic mass is 16.5. The fourth-order valence-electron chi connectivity index (χ4n) is 6.54. The molecular weight excluding hydrogens is 558 g/mol. The molecule has 0 aromatic carbocycles. The van der Waals surface area contributed by atoms with Gasteiger partial charge >= 0.3 is 5.97 Å². The number of esters is 1. The highest BCUT2D eigenvalue weighted by Gasteiger charge is 2.13. The van der Waals surface area contributed by atoms with Gasteiger partial charge in [0.15, 0.2) is 0 Å². The lowest BCUT2D eigenvalue weighted by Gasteiger charge is -2.25.